The predicted molar refractivity (Wildman–Crippen MR) is 96.3 cm³/mol. The Bertz CT molecular complexity index is 747. The van der Waals surface area contributed by atoms with E-state index < -0.39 is 0 Å². The van der Waals surface area contributed by atoms with Gasteiger partial charge in [0, 0.05) is 22.7 Å². The molecule has 0 radical (unpaired) electrons. The molecular formula is C18H17Cl2NO3. The third kappa shape index (κ3) is 5.55. The molecule has 2 aromatic rings. The standard InChI is InChI=1S/C18H17Cl2NO3/c1-12(22)13-4-2-5-15(10-13)21-18(23)6-3-9-24-17-8-7-14(19)11-16(17)20/h2,4-5,7-8,10-11H,3,6,9H2,1H3,(H,21,23). The fourth-order valence-corrected chi connectivity index (χ4v) is 2.51. The fourth-order valence-electron chi connectivity index (χ4n) is 2.05. The highest BCUT2D eigenvalue weighted by Crippen LogP contribution is 2.27. The number of ether oxygens (including phenoxy) is 1. The molecule has 0 fully saturated rings. The third-order valence-corrected chi connectivity index (χ3v) is 3.78. The van der Waals surface area contributed by atoms with Crippen molar-refractivity contribution in [3.63, 3.8) is 0 Å². The minimum Gasteiger partial charge on any atom is -0.492 e. The number of carbonyl (C=O) groups is 2. The zero-order valence-corrected chi connectivity index (χ0v) is 14.7. The van der Waals surface area contributed by atoms with Crippen LogP contribution in [-0.2, 0) is 4.79 Å². The van der Waals surface area contributed by atoms with Crippen LogP contribution < -0.4 is 10.1 Å². The van der Waals surface area contributed by atoms with Gasteiger partial charge in [0.05, 0.1) is 11.6 Å². The Morgan fingerprint density at radius 3 is 2.62 bits per heavy atom. The number of benzene rings is 2. The summed E-state index contributed by atoms with van der Waals surface area (Å²) in [5, 5.41) is 3.74. The molecule has 0 spiro atoms. The van der Waals surface area contributed by atoms with E-state index in [1.54, 1.807) is 42.5 Å². The van der Waals surface area contributed by atoms with Crippen LogP contribution in [0.15, 0.2) is 42.5 Å². The molecule has 0 saturated carbocycles. The van der Waals surface area contributed by atoms with Crippen LogP contribution in [0.1, 0.15) is 30.1 Å². The molecule has 2 aromatic carbocycles. The van der Waals surface area contributed by atoms with Gasteiger partial charge >= 0.3 is 0 Å². The molecule has 0 saturated heterocycles. The molecule has 0 aliphatic carbocycles. The van der Waals surface area contributed by atoms with Gasteiger partial charge in [-0.3, -0.25) is 9.59 Å². The van der Waals surface area contributed by atoms with E-state index in [1.807, 2.05) is 0 Å². The van der Waals surface area contributed by atoms with Crippen LogP contribution in [0.4, 0.5) is 5.69 Å². The van der Waals surface area contributed by atoms with Crippen molar-refractivity contribution in [2.75, 3.05) is 11.9 Å². The topological polar surface area (TPSA) is 55.4 Å². The van der Waals surface area contributed by atoms with Gasteiger partial charge in [-0.25, -0.2) is 0 Å². The molecule has 0 unspecified atom stereocenters. The maximum Gasteiger partial charge on any atom is 0.224 e. The molecule has 0 aliphatic rings. The monoisotopic (exact) mass is 365 g/mol. The first-order valence-corrected chi connectivity index (χ1v) is 8.20. The van der Waals surface area contributed by atoms with E-state index >= 15 is 0 Å². The largest absolute Gasteiger partial charge is 0.492 e. The van der Waals surface area contributed by atoms with E-state index in [2.05, 4.69) is 5.32 Å². The Morgan fingerprint density at radius 2 is 1.92 bits per heavy atom. The van der Waals surface area contributed by atoms with E-state index in [1.165, 1.54) is 6.92 Å². The number of halogens is 2. The highest BCUT2D eigenvalue weighted by atomic mass is 35.5. The van der Waals surface area contributed by atoms with Crippen molar-refractivity contribution in [1.82, 2.24) is 0 Å². The Labute approximate surface area is 150 Å². The minimum atomic E-state index is -0.137. The number of amides is 1. The van der Waals surface area contributed by atoms with Gasteiger partial charge in [0.15, 0.2) is 5.78 Å². The third-order valence-electron chi connectivity index (χ3n) is 3.25. The van der Waals surface area contributed by atoms with Crippen LogP contribution >= 0.6 is 23.2 Å². The lowest BCUT2D eigenvalue weighted by Gasteiger charge is -2.09. The Morgan fingerprint density at radius 1 is 1.12 bits per heavy atom. The van der Waals surface area contributed by atoms with Crippen molar-refractivity contribution in [3.8, 4) is 5.75 Å². The molecule has 0 aromatic heterocycles. The first kappa shape index (κ1) is 18.3. The first-order valence-electron chi connectivity index (χ1n) is 7.44. The number of rotatable bonds is 7. The van der Waals surface area contributed by atoms with Crippen molar-refractivity contribution < 1.29 is 14.3 Å². The average Bonchev–Trinajstić information content (AvgIpc) is 2.53. The van der Waals surface area contributed by atoms with E-state index in [9.17, 15) is 9.59 Å². The summed E-state index contributed by atoms with van der Waals surface area (Å²) in [6, 6.07) is 11.8. The van der Waals surface area contributed by atoms with Crippen molar-refractivity contribution in [2.45, 2.75) is 19.8 Å². The van der Waals surface area contributed by atoms with Crippen LogP contribution in [0.3, 0.4) is 0 Å². The number of ketones is 1. The summed E-state index contributed by atoms with van der Waals surface area (Å²) in [5.74, 6) is 0.358. The normalized spacial score (nSPS) is 10.3. The molecule has 126 valence electrons. The van der Waals surface area contributed by atoms with Gasteiger partial charge in [0.1, 0.15) is 5.75 Å². The highest BCUT2D eigenvalue weighted by molar-refractivity contribution is 6.35. The molecule has 1 amide bonds. The second-order valence-electron chi connectivity index (χ2n) is 5.21. The van der Waals surface area contributed by atoms with Gasteiger partial charge < -0.3 is 10.1 Å². The van der Waals surface area contributed by atoms with E-state index in [0.29, 0.717) is 46.5 Å². The molecule has 6 heteroatoms. The number of carbonyl (C=O) groups excluding carboxylic acids is 2. The maximum atomic E-state index is 11.9. The quantitative estimate of drug-likeness (QED) is 0.555. The number of nitrogens with one attached hydrogen (secondary N) is 1. The Hall–Kier alpha value is -2.04. The van der Waals surface area contributed by atoms with Gasteiger partial charge in [-0.2, -0.15) is 0 Å². The smallest absolute Gasteiger partial charge is 0.224 e. The average molecular weight is 366 g/mol. The summed E-state index contributed by atoms with van der Waals surface area (Å²) < 4.78 is 5.53. The summed E-state index contributed by atoms with van der Waals surface area (Å²) >= 11 is 11.8. The summed E-state index contributed by atoms with van der Waals surface area (Å²) in [4.78, 5) is 23.3. The highest BCUT2D eigenvalue weighted by Gasteiger charge is 2.06. The van der Waals surface area contributed by atoms with Gasteiger partial charge in [-0.05, 0) is 43.7 Å². The Balaban J connectivity index is 1.77. The summed E-state index contributed by atoms with van der Waals surface area (Å²) in [5.41, 5.74) is 1.17. The van der Waals surface area contributed by atoms with E-state index in [0.717, 1.165) is 0 Å². The number of hydrogen-bond donors (Lipinski definition) is 1. The van der Waals surface area contributed by atoms with Gasteiger partial charge in [0.25, 0.3) is 0 Å². The van der Waals surface area contributed by atoms with Crippen molar-refractivity contribution >= 4 is 40.6 Å². The SMILES string of the molecule is CC(=O)c1cccc(NC(=O)CCCOc2ccc(Cl)cc2Cl)c1. The lowest BCUT2D eigenvalue weighted by molar-refractivity contribution is -0.116. The van der Waals surface area contributed by atoms with Crippen molar-refractivity contribution in [3.05, 3.63) is 58.1 Å². The fraction of sp³-hybridized carbons (Fsp3) is 0.222. The first-order chi connectivity index (χ1) is 11.5. The van der Waals surface area contributed by atoms with Crippen LogP contribution in [-0.4, -0.2) is 18.3 Å². The molecular weight excluding hydrogens is 349 g/mol. The van der Waals surface area contributed by atoms with Crippen LogP contribution in [0.25, 0.3) is 0 Å². The number of anilines is 1. The predicted octanol–water partition coefficient (Wildman–Crippen LogP) is 4.99. The number of hydrogen-bond acceptors (Lipinski definition) is 3. The molecule has 0 aliphatic heterocycles. The summed E-state index contributed by atoms with van der Waals surface area (Å²) in [6.07, 6.45) is 0.840. The minimum absolute atomic E-state index is 0.0423. The molecule has 0 heterocycles. The zero-order chi connectivity index (χ0) is 17.5. The molecule has 0 bridgehead atoms. The van der Waals surface area contributed by atoms with Crippen molar-refractivity contribution in [2.24, 2.45) is 0 Å². The van der Waals surface area contributed by atoms with E-state index in [-0.39, 0.29) is 11.7 Å². The van der Waals surface area contributed by atoms with Gasteiger partial charge in [-0.15, -0.1) is 0 Å². The number of Topliss-reactive ketones (excluding diaryl/α,β-unsaturated/α-hetero) is 1. The van der Waals surface area contributed by atoms with Gasteiger partial charge in [-0.1, -0.05) is 35.3 Å². The van der Waals surface area contributed by atoms with Gasteiger partial charge in [0.2, 0.25) is 5.91 Å². The molecule has 0 atom stereocenters. The Kier molecular flexibility index (Phi) is 6.64. The summed E-state index contributed by atoms with van der Waals surface area (Å²) in [7, 11) is 0. The lowest BCUT2D eigenvalue weighted by atomic mass is 10.1. The van der Waals surface area contributed by atoms with Crippen molar-refractivity contribution in [1.29, 1.82) is 0 Å². The molecule has 1 N–H and O–H groups in total. The lowest BCUT2D eigenvalue weighted by Crippen LogP contribution is -2.13. The molecule has 2 rings (SSSR count). The molecule has 4 nitrogen and oxygen atoms in total. The maximum absolute atomic E-state index is 11.9. The van der Waals surface area contributed by atoms with Crippen LogP contribution in [0, 0.1) is 0 Å². The van der Waals surface area contributed by atoms with Crippen LogP contribution in [0.2, 0.25) is 10.0 Å². The second-order valence-corrected chi connectivity index (χ2v) is 6.06. The molecule has 24 heavy (non-hydrogen) atoms. The van der Waals surface area contributed by atoms with Crippen LogP contribution in [0.5, 0.6) is 5.75 Å². The zero-order valence-electron chi connectivity index (χ0n) is 13.1. The second kappa shape index (κ2) is 8.71. The summed E-state index contributed by atoms with van der Waals surface area (Å²) in [6.45, 7) is 1.85. The van der Waals surface area contributed by atoms with E-state index in [4.69, 9.17) is 27.9 Å².